The molecule has 0 spiro atoms. The van der Waals surface area contributed by atoms with E-state index < -0.39 is 17.8 Å². The van der Waals surface area contributed by atoms with E-state index in [1.165, 1.54) is 0 Å². The van der Waals surface area contributed by atoms with Crippen LogP contribution < -0.4 is 0 Å². The lowest BCUT2D eigenvalue weighted by atomic mass is 10.1. The summed E-state index contributed by atoms with van der Waals surface area (Å²) in [6, 6.07) is 3.55. The van der Waals surface area contributed by atoms with E-state index in [4.69, 9.17) is 4.84 Å². The molecule has 0 unspecified atom stereocenters. The molecule has 21 heavy (non-hydrogen) atoms. The number of rotatable bonds is 4. The summed E-state index contributed by atoms with van der Waals surface area (Å²) in [4.78, 5) is 39.1. The van der Waals surface area contributed by atoms with Crippen LogP contribution in [-0.4, -0.2) is 28.0 Å². The zero-order valence-electron chi connectivity index (χ0n) is 10.8. The number of phenolic OH excluding ortho intramolecular Hbond substituents is 1. The molecule has 1 aromatic rings. The van der Waals surface area contributed by atoms with Gasteiger partial charge < -0.3 is 9.94 Å². The van der Waals surface area contributed by atoms with Crippen LogP contribution in [0, 0.1) is 7.14 Å². The van der Waals surface area contributed by atoms with Gasteiger partial charge in [0.2, 0.25) is 0 Å². The smallest absolute Gasteiger partial charge is 0.333 e. The van der Waals surface area contributed by atoms with E-state index in [9.17, 15) is 19.5 Å². The highest BCUT2D eigenvalue weighted by Gasteiger charge is 2.32. The molecule has 2 amide bonds. The predicted molar refractivity (Wildman–Crippen MR) is 89.0 cm³/mol. The molecule has 1 aromatic carbocycles. The molecule has 0 radical (unpaired) electrons. The molecule has 6 nitrogen and oxygen atoms in total. The molecular formula is C13H11I2NO5. The molecule has 0 aliphatic carbocycles. The summed E-state index contributed by atoms with van der Waals surface area (Å²) >= 11 is 4.02. The molecule has 1 fully saturated rings. The first-order chi connectivity index (χ1) is 9.88. The second-order valence-corrected chi connectivity index (χ2v) is 6.78. The number of aryl methyl sites for hydroxylation is 1. The van der Waals surface area contributed by atoms with Gasteiger partial charge in [-0.25, -0.2) is 4.79 Å². The number of hydroxylamine groups is 2. The first-order valence-corrected chi connectivity index (χ1v) is 8.27. The van der Waals surface area contributed by atoms with Crippen molar-refractivity contribution >= 4 is 63.0 Å². The summed E-state index contributed by atoms with van der Waals surface area (Å²) in [7, 11) is 0. The maximum absolute atomic E-state index is 11.7. The van der Waals surface area contributed by atoms with Gasteiger partial charge in [-0.2, -0.15) is 0 Å². The summed E-state index contributed by atoms with van der Waals surface area (Å²) in [6.07, 6.45) is 0.621. The van der Waals surface area contributed by atoms with Crippen LogP contribution in [0.2, 0.25) is 0 Å². The Balaban J connectivity index is 1.92. The fourth-order valence-electron chi connectivity index (χ4n) is 1.81. The van der Waals surface area contributed by atoms with Crippen molar-refractivity contribution in [2.24, 2.45) is 0 Å². The third-order valence-corrected chi connectivity index (χ3v) is 4.54. The number of benzene rings is 1. The molecule has 0 bridgehead atoms. The first-order valence-electron chi connectivity index (χ1n) is 6.12. The lowest BCUT2D eigenvalue weighted by molar-refractivity contribution is -0.197. The number of amides is 2. The van der Waals surface area contributed by atoms with Crippen LogP contribution in [0.5, 0.6) is 5.75 Å². The normalized spacial score (nSPS) is 14.7. The number of carbonyl (C=O) groups is 3. The van der Waals surface area contributed by atoms with E-state index >= 15 is 0 Å². The Morgan fingerprint density at radius 2 is 1.71 bits per heavy atom. The van der Waals surface area contributed by atoms with E-state index in [1.807, 2.05) is 45.2 Å². The van der Waals surface area contributed by atoms with Gasteiger partial charge in [-0.3, -0.25) is 9.59 Å². The van der Waals surface area contributed by atoms with E-state index in [2.05, 4.69) is 0 Å². The van der Waals surface area contributed by atoms with Crippen molar-refractivity contribution in [2.45, 2.75) is 25.7 Å². The zero-order chi connectivity index (χ0) is 15.6. The molecular weight excluding hydrogens is 504 g/mol. The van der Waals surface area contributed by atoms with Gasteiger partial charge in [0.15, 0.2) is 0 Å². The third-order valence-electron chi connectivity index (χ3n) is 2.89. The van der Waals surface area contributed by atoms with Gasteiger partial charge in [-0.15, -0.1) is 5.06 Å². The molecule has 112 valence electrons. The summed E-state index contributed by atoms with van der Waals surface area (Å²) in [5.41, 5.74) is 0.873. The van der Waals surface area contributed by atoms with Crippen LogP contribution in [0.3, 0.4) is 0 Å². The summed E-state index contributed by atoms with van der Waals surface area (Å²) < 4.78 is 1.40. The fraction of sp³-hybridized carbons (Fsp3) is 0.308. The molecule has 1 saturated heterocycles. The van der Waals surface area contributed by atoms with Crippen LogP contribution in [0.15, 0.2) is 12.1 Å². The average molecular weight is 515 g/mol. The number of halogens is 2. The molecule has 0 aromatic heterocycles. The summed E-state index contributed by atoms with van der Waals surface area (Å²) in [5.74, 6) is -1.38. The highest BCUT2D eigenvalue weighted by molar-refractivity contribution is 14.1. The number of aromatic hydroxyl groups is 1. The van der Waals surface area contributed by atoms with E-state index in [1.54, 1.807) is 12.1 Å². The maximum atomic E-state index is 11.7. The van der Waals surface area contributed by atoms with Gasteiger partial charge >= 0.3 is 5.97 Å². The molecule has 1 aliphatic heterocycles. The summed E-state index contributed by atoms with van der Waals surface area (Å²) in [6.45, 7) is 0. The molecule has 0 saturated carbocycles. The highest BCUT2D eigenvalue weighted by Crippen LogP contribution is 2.27. The third kappa shape index (κ3) is 4.05. The molecule has 1 heterocycles. The lowest BCUT2D eigenvalue weighted by Gasteiger charge is -2.12. The van der Waals surface area contributed by atoms with E-state index in [-0.39, 0.29) is 25.0 Å². The minimum atomic E-state index is -0.628. The van der Waals surface area contributed by atoms with Gasteiger partial charge in [0.25, 0.3) is 11.8 Å². The highest BCUT2D eigenvalue weighted by atomic mass is 127. The Morgan fingerprint density at radius 1 is 1.19 bits per heavy atom. The van der Waals surface area contributed by atoms with Gasteiger partial charge in [-0.05, 0) is 69.3 Å². The van der Waals surface area contributed by atoms with Crippen molar-refractivity contribution in [1.82, 2.24) is 5.06 Å². The number of phenols is 1. The van der Waals surface area contributed by atoms with Gasteiger partial charge in [0.05, 0.1) is 13.6 Å². The molecule has 0 atom stereocenters. The minimum Gasteiger partial charge on any atom is -0.506 e. The fourth-order valence-corrected chi connectivity index (χ4v) is 3.71. The van der Waals surface area contributed by atoms with E-state index in [0.717, 1.165) is 5.56 Å². The maximum Gasteiger partial charge on any atom is 0.333 e. The lowest BCUT2D eigenvalue weighted by Crippen LogP contribution is -2.32. The molecule has 2 rings (SSSR count). The number of nitrogens with zero attached hydrogens (tertiary/aromatic N) is 1. The van der Waals surface area contributed by atoms with Crippen molar-refractivity contribution in [1.29, 1.82) is 0 Å². The van der Waals surface area contributed by atoms with Crippen molar-refractivity contribution in [2.75, 3.05) is 0 Å². The second kappa shape index (κ2) is 6.90. The van der Waals surface area contributed by atoms with Crippen molar-refractivity contribution < 1.29 is 24.3 Å². The molecule has 1 aliphatic rings. The summed E-state index contributed by atoms with van der Waals surface area (Å²) in [5, 5.41) is 10.2. The largest absolute Gasteiger partial charge is 0.506 e. The monoisotopic (exact) mass is 515 g/mol. The Kier molecular flexibility index (Phi) is 5.41. The van der Waals surface area contributed by atoms with Crippen molar-refractivity contribution in [3.8, 4) is 5.75 Å². The Hall–Kier alpha value is -0.910. The first kappa shape index (κ1) is 16.5. The topological polar surface area (TPSA) is 83.9 Å². The van der Waals surface area contributed by atoms with Crippen LogP contribution in [-0.2, 0) is 25.6 Å². The number of carbonyl (C=O) groups excluding carboxylic acids is 3. The van der Waals surface area contributed by atoms with Crippen LogP contribution in [0.1, 0.15) is 24.8 Å². The van der Waals surface area contributed by atoms with Gasteiger partial charge in [-0.1, -0.05) is 0 Å². The Morgan fingerprint density at radius 3 is 2.24 bits per heavy atom. The number of hydrogen-bond acceptors (Lipinski definition) is 5. The average Bonchev–Trinajstić information content (AvgIpc) is 2.74. The van der Waals surface area contributed by atoms with Crippen LogP contribution in [0.25, 0.3) is 0 Å². The van der Waals surface area contributed by atoms with Crippen LogP contribution >= 0.6 is 45.2 Å². The minimum absolute atomic E-state index is 0.0496. The molecule has 8 heteroatoms. The Bertz CT molecular complexity index is 578. The SMILES string of the molecule is O=C(CCc1cc(I)c(O)c(I)c1)ON1C(=O)CCC1=O. The quantitative estimate of drug-likeness (QED) is 0.491. The van der Waals surface area contributed by atoms with Crippen molar-refractivity contribution in [3.63, 3.8) is 0 Å². The Labute approximate surface area is 148 Å². The number of imide groups is 1. The van der Waals surface area contributed by atoms with Gasteiger partial charge in [0, 0.05) is 12.8 Å². The van der Waals surface area contributed by atoms with E-state index in [0.29, 0.717) is 18.6 Å². The second-order valence-electron chi connectivity index (χ2n) is 4.45. The standard InChI is InChI=1S/C13H11I2NO5/c14-8-5-7(6-9(15)13(8)20)1-4-12(19)21-16-10(17)2-3-11(16)18/h5-6,20H,1-4H2. The zero-order valence-corrected chi connectivity index (χ0v) is 15.1. The van der Waals surface area contributed by atoms with Gasteiger partial charge in [0.1, 0.15) is 5.75 Å². The van der Waals surface area contributed by atoms with Crippen LogP contribution in [0.4, 0.5) is 0 Å². The van der Waals surface area contributed by atoms with Crippen molar-refractivity contribution in [3.05, 3.63) is 24.8 Å². The predicted octanol–water partition coefficient (Wildman–Crippen LogP) is 2.14. The molecule has 1 N–H and O–H groups in total. The number of hydrogen-bond donors (Lipinski definition) is 1.